The first kappa shape index (κ1) is 27.4. The van der Waals surface area contributed by atoms with Crippen LogP contribution in [0.5, 0.6) is 0 Å². The topological polar surface area (TPSA) is 34.0 Å². The largest absolute Gasteiger partial charge is 0.326 e. The third kappa shape index (κ3) is 6.60. The van der Waals surface area contributed by atoms with Gasteiger partial charge in [0.15, 0.2) is 0 Å². The SMILES string of the molecule is CCCCn1c(-c2ccccc2)nc(-c2ccccc2)c1CN(Cc1ccc2ccccc2n1)CC1CCCCC1. The van der Waals surface area contributed by atoms with Gasteiger partial charge in [-0.05, 0) is 37.3 Å². The normalized spacial score (nSPS) is 14.2. The molecule has 2 aromatic heterocycles. The Kier molecular flexibility index (Phi) is 8.87. The number of pyridine rings is 1. The molecule has 5 aromatic rings. The van der Waals surface area contributed by atoms with Crippen molar-refractivity contribution in [2.45, 2.75) is 71.5 Å². The summed E-state index contributed by atoms with van der Waals surface area (Å²) in [5, 5.41) is 1.20. The van der Waals surface area contributed by atoms with Gasteiger partial charge in [0, 0.05) is 42.7 Å². The molecule has 4 heteroatoms. The molecule has 1 fully saturated rings. The monoisotopic (exact) mass is 542 g/mol. The Morgan fingerprint density at radius 1 is 0.732 bits per heavy atom. The average Bonchev–Trinajstić information content (AvgIpc) is 3.39. The van der Waals surface area contributed by atoms with Crippen LogP contribution in [0.1, 0.15) is 63.3 Å². The van der Waals surface area contributed by atoms with Crippen LogP contribution in [-0.4, -0.2) is 26.0 Å². The minimum atomic E-state index is 0.741. The van der Waals surface area contributed by atoms with Crippen LogP contribution in [0.4, 0.5) is 0 Å². The maximum Gasteiger partial charge on any atom is 0.140 e. The van der Waals surface area contributed by atoms with Gasteiger partial charge in [-0.15, -0.1) is 0 Å². The minimum absolute atomic E-state index is 0.741. The van der Waals surface area contributed by atoms with Crippen molar-refractivity contribution in [3.8, 4) is 22.6 Å². The summed E-state index contributed by atoms with van der Waals surface area (Å²) in [7, 11) is 0. The fourth-order valence-electron chi connectivity index (χ4n) is 6.40. The van der Waals surface area contributed by atoms with Gasteiger partial charge < -0.3 is 4.57 Å². The van der Waals surface area contributed by atoms with Crippen molar-refractivity contribution in [2.75, 3.05) is 6.54 Å². The summed E-state index contributed by atoms with van der Waals surface area (Å²) in [4.78, 5) is 13.1. The Labute approximate surface area is 245 Å². The van der Waals surface area contributed by atoms with E-state index in [-0.39, 0.29) is 0 Å². The summed E-state index contributed by atoms with van der Waals surface area (Å²) in [5.41, 5.74) is 7.02. The highest BCUT2D eigenvalue weighted by molar-refractivity contribution is 5.78. The van der Waals surface area contributed by atoms with Gasteiger partial charge in [0.05, 0.1) is 22.6 Å². The number of aromatic nitrogens is 3. The van der Waals surface area contributed by atoms with Gasteiger partial charge in [0.25, 0.3) is 0 Å². The van der Waals surface area contributed by atoms with E-state index in [1.54, 1.807) is 0 Å². The Balaban J connectivity index is 1.42. The Bertz CT molecular complexity index is 1530. The number of rotatable bonds is 11. The molecule has 0 spiro atoms. The van der Waals surface area contributed by atoms with Crippen molar-refractivity contribution >= 4 is 10.9 Å². The van der Waals surface area contributed by atoms with Gasteiger partial charge >= 0.3 is 0 Å². The Morgan fingerprint density at radius 3 is 2.20 bits per heavy atom. The second-order valence-corrected chi connectivity index (χ2v) is 11.6. The molecule has 0 atom stereocenters. The molecule has 210 valence electrons. The molecule has 0 aliphatic heterocycles. The van der Waals surface area contributed by atoms with Crippen LogP contribution in [0, 0.1) is 5.92 Å². The minimum Gasteiger partial charge on any atom is -0.326 e. The third-order valence-electron chi connectivity index (χ3n) is 8.54. The quantitative estimate of drug-likeness (QED) is 0.167. The fourth-order valence-corrected chi connectivity index (χ4v) is 6.40. The lowest BCUT2D eigenvalue weighted by atomic mass is 9.89. The van der Waals surface area contributed by atoms with Gasteiger partial charge in [0.1, 0.15) is 5.82 Å². The van der Waals surface area contributed by atoms with Gasteiger partial charge in [-0.25, -0.2) is 4.98 Å². The van der Waals surface area contributed by atoms with E-state index in [0.29, 0.717) is 0 Å². The number of para-hydroxylation sites is 1. The molecule has 1 saturated carbocycles. The van der Waals surface area contributed by atoms with Gasteiger partial charge in [-0.1, -0.05) is 118 Å². The zero-order valence-electron chi connectivity index (χ0n) is 24.4. The molecule has 0 saturated heterocycles. The number of benzene rings is 3. The summed E-state index contributed by atoms with van der Waals surface area (Å²) in [6.45, 7) is 6.05. The van der Waals surface area contributed by atoms with Crippen LogP contribution >= 0.6 is 0 Å². The molecule has 0 amide bonds. The van der Waals surface area contributed by atoms with Gasteiger partial charge in [0.2, 0.25) is 0 Å². The second-order valence-electron chi connectivity index (χ2n) is 11.6. The van der Waals surface area contributed by atoms with Crippen molar-refractivity contribution in [1.29, 1.82) is 0 Å². The summed E-state index contributed by atoms with van der Waals surface area (Å²) < 4.78 is 2.52. The Morgan fingerprint density at radius 2 is 1.44 bits per heavy atom. The summed E-state index contributed by atoms with van der Waals surface area (Å²) in [5.74, 6) is 1.82. The molecule has 1 aliphatic carbocycles. The molecular weight excluding hydrogens is 500 g/mol. The highest BCUT2D eigenvalue weighted by Crippen LogP contribution is 2.32. The van der Waals surface area contributed by atoms with E-state index < -0.39 is 0 Å². The van der Waals surface area contributed by atoms with E-state index in [1.165, 1.54) is 54.3 Å². The number of nitrogens with zero attached hydrogens (tertiary/aromatic N) is 4. The van der Waals surface area contributed by atoms with Crippen LogP contribution in [0.15, 0.2) is 97.1 Å². The summed E-state index contributed by atoms with van der Waals surface area (Å²) >= 11 is 0. The number of fused-ring (bicyclic) bond motifs is 1. The van der Waals surface area contributed by atoms with Gasteiger partial charge in [-0.2, -0.15) is 0 Å². The second kappa shape index (κ2) is 13.3. The third-order valence-corrected chi connectivity index (χ3v) is 8.54. The average molecular weight is 543 g/mol. The lowest BCUT2D eigenvalue weighted by Crippen LogP contribution is -2.31. The van der Waals surface area contributed by atoms with E-state index in [4.69, 9.17) is 9.97 Å². The Hall–Kier alpha value is -3.76. The van der Waals surface area contributed by atoms with E-state index in [2.05, 4.69) is 113 Å². The molecule has 1 aliphatic rings. The molecule has 0 unspecified atom stereocenters. The fraction of sp³-hybridized carbons (Fsp3) is 0.351. The van der Waals surface area contributed by atoms with E-state index in [0.717, 1.165) is 67.7 Å². The van der Waals surface area contributed by atoms with E-state index in [9.17, 15) is 0 Å². The summed E-state index contributed by atoms with van der Waals surface area (Å²) in [6, 6.07) is 34.4. The number of imidazole rings is 1. The first-order valence-electron chi connectivity index (χ1n) is 15.6. The first-order chi connectivity index (χ1) is 20.3. The predicted molar refractivity (Wildman–Crippen MR) is 170 cm³/mol. The van der Waals surface area contributed by atoms with Crippen LogP contribution in [-0.2, 0) is 19.6 Å². The van der Waals surface area contributed by atoms with Crippen molar-refractivity contribution in [2.24, 2.45) is 5.92 Å². The number of hydrogen-bond acceptors (Lipinski definition) is 3. The molecule has 0 bridgehead atoms. The van der Waals surface area contributed by atoms with E-state index in [1.807, 2.05) is 0 Å². The van der Waals surface area contributed by atoms with Crippen LogP contribution in [0.2, 0.25) is 0 Å². The molecule has 2 heterocycles. The number of hydrogen-bond donors (Lipinski definition) is 0. The van der Waals surface area contributed by atoms with Crippen molar-refractivity contribution in [3.05, 3.63) is 108 Å². The molecule has 0 N–H and O–H groups in total. The van der Waals surface area contributed by atoms with E-state index >= 15 is 0 Å². The van der Waals surface area contributed by atoms with Crippen molar-refractivity contribution < 1.29 is 0 Å². The highest BCUT2D eigenvalue weighted by Gasteiger charge is 2.24. The molecule has 4 nitrogen and oxygen atoms in total. The maximum atomic E-state index is 5.37. The number of unbranched alkanes of at least 4 members (excludes halogenated alkanes) is 1. The smallest absolute Gasteiger partial charge is 0.140 e. The van der Waals surface area contributed by atoms with Crippen LogP contribution in [0.25, 0.3) is 33.5 Å². The molecule has 41 heavy (non-hydrogen) atoms. The van der Waals surface area contributed by atoms with Crippen molar-refractivity contribution in [3.63, 3.8) is 0 Å². The lowest BCUT2D eigenvalue weighted by Gasteiger charge is -2.30. The molecule has 3 aromatic carbocycles. The lowest BCUT2D eigenvalue weighted by molar-refractivity contribution is 0.182. The zero-order valence-corrected chi connectivity index (χ0v) is 24.4. The first-order valence-corrected chi connectivity index (χ1v) is 15.6. The zero-order chi connectivity index (χ0) is 27.9. The molecule has 0 radical (unpaired) electrons. The predicted octanol–water partition coefficient (Wildman–Crippen LogP) is 9.15. The molecular formula is C37H42N4. The van der Waals surface area contributed by atoms with Crippen LogP contribution in [0.3, 0.4) is 0 Å². The summed E-state index contributed by atoms with van der Waals surface area (Å²) in [6.07, 6.45) is 9.04. The molecule has 6 rings (SSSR count). The maximum absolute atomic E-state index is 5.37. The van der Waals surface area contributed by atoms with Crippen molar-refractivity contribution in [1.82, 2.24) is 19.4 Å². The van der Waals surface area contributed by atoms with Crippen LogP contribution < -0.4 is 0 Å². The highest BCUT2D eigenvalue weighted by atomic mass is 15.2. The standard InChI is InChI=1S/C37H42N4/c1-2-3-25-41-35(36(31-18-9-5-10-19-31)39-37(41)32-20-11-6-12-21-32)28-40(26-29-15-7-4-8-16-29)27-33-24-23-30-17-13-14-22-34(30)38-33/h5-6,9-14,17-24,29H,2-4,7-8,15-16,25-28H2,1H3. The van der Waals surface area contributed by atoms with Gasteiger partial charge in [-0.3, -0.25) is 9.88 Å².